The van der Waals surface area contributed by atoms with Gasteiger partial charge >= 0.3 is 0 Å². The molecule has 1 aliphatic heterocycles. The number of hydrogen-bond acceptors (Lipinski definition) is 3. The van der Waals surface area contributed by atoms with Gasteiger partial charge in [-0.3, -0.25) is 9.59 Å². The SMILES string of the molecule is CCC1C(=O)NC(c2ccccc2)C(=O)N1C(C)COC. The second kappa shape index (κ2) is 6.72. The van der Waals surface area contributed by atoms with Gasteiger partial charge in [-0.25, -0.2) is 0 Å². The maximum atomic E-state index is 12.8. The van der Waals surface area contributed by atoms with Crippen molar-refractivity contribution in [1.29, 1.82) is 0 Å². The van der Waals surface area contributed by atoms with Crippen LogP contribution in [0.1, 0.15) is 31.9 Å². The Bertz CT molecular complexity index is 504. The summed E-state index contributed by atoms with van der Waals surface area (Å²) in [6, 6.07) is 8.15. The van der Waals surface area contributed by atoms with E-state index in [9.17, 15) is 9.59 Å². The summed E-state index contributed by atoms with van der Waals surface area (Å²) < 4.78 is 5.15. The average Bonchev–Trinajstić information content (AvgIpc) is 2.49. The molecule has 3 atom stereocenters. The topological polar surface area (TPSA) is 58.6 Å². The van der Waals surface area contributed by atoms with Crippen molar-refractivity contribution in [3.05, 3.63) is 35.9 Å². The van der Waals surface area contributed by atoms with Gasteiger partial charge in [0.25, 0.3) is 5.91 Å². The van der Waals surface area contributed by atoms with E-state index in [0.29, 0.717) is 13.0 Å². The number of piperazine rings is 1. The predicted octanol–water partition coefficient (Wildman–Crippen LogP) is 1.50. The first-order valence-corrected chi connectivity index (χ1v) is 7.26. The van der Waals surface area contributed by atoms with Crippen molar-refractivity contribution >= 4 is 11.8 Å². The van der Waals surface area contributed by atoms with Crippen LogP contribution in [0.5, 0.6) is 0 Å². The first-order valence-electron chi connectivity index (χ1n) is 7.26. The molecule has 0 spiro atoms. The van der Waals surface area contributed by atoms with Crippen LogP contribution in [0.3, 0.4) is 0 Å². The smallest absolute Gasteiger partial charge is 0.250 e. The van der Waals surface area contributed by atoms with Crippen LogP contribution in [0.4, 0.5) is 0 Å². The van der Waals surface area contributed by atoms with Crippen molar-refractivity contribution in [1.82, 2.24) is 10.2 Å². The van der Waals surface area contributed by atoms with Crippen molar-refractivity contribution in [2.45, 2.75) is 38.4 Å². The normalized spacial score (nSPS) is 23.9. The van der Waals surface area contributed by atoms with Crippen LogP contribution < -0.4 is 5.32 Å². The maximum absolute atomic E-state index is 12.8. The van der Waals surface area contributed by atoms with Crippen molar-refractivity contribution in [3.63, 3.8) is 0 Å². The Morgan fingerprint density at radius 1 is 1.29 bits per heavy atom. The van der Waals surface area contributed by atoms with Gasteiger partial charge in [0.2, 0.25) is 5.91 Å². The zero-order valence-corrected chi connectivity index (χ0v) is 12.7. The summed E-state index contributed by atoms with van der Waals surface area (Å²) in [6.07, 6.45) is 0.590. The van der Waals surface area contributed by atoms with E-state index in [-0.39, 0.29) is 17.9 Å². The second-order valence-electron chi connectivity index (χ2n) is 5.33. The molecule has 1 aromatic carbocycles. The van der Waals surface area contributed by atoms with E-state index in [1.165, 1.54) is 0 Å². The van der Waals surface area contributed by atoms with E-state index < -0.39 is 12.1 Å². The summed E-state index contributed by atoms with van der Waals surface area (Å²) in [5.74, 6) is -0.175. The Morgan fingerprint density at radius 2 is 1.95 bits per heavy atom. The van der Waals surface area contributed by atoms with Crippen molar-refractivity contribution in [2.24, 2.45) is 0 Å². The Labute approximate surface area is 125 Å². The van der Waals surface area contributed by atoms with Crippen molar-refractivity contribution < 1.29 is 14.3 Å². The highest BCUT2D eigenvalue weighted by Gasteiger charge is 2.42. The Morgan fingerprint density at radius 3 is 2.52 bits per heavy atom. The van der Waals surface area contributed by atoms with Gasteiger partial charge in [0.05, 0.1) is 12.6 Å². The van der Waals surface area contributed by atoms with Crippen LogP contribution in [0.15, 0.2) is 30.3 Å². The molecule has 1 fully saturated rings. The molecule has 114 valence electrons. The van der Waals surface area contributed by atoms with Crippen LogP contribution in [-0.2, 0) is 14.3 Å². The number of hydrogen-bond donors (Lipinski definition) is 1. The minimum Gasteiger partial charge on any atom is -0.383 e. The highest BCUT2D eigenvalue weighted by atomic mass is 16.5. The molecule has 0 bridgehead atoms. The highest BCUT2D eigenvalue weighted by Crippen LogP contribution is 2.25. The van der Waals surface area contributed by atoms with E-state index in [1.807, 2.05) is 44.2 Å². The van der Waals surface area contributed by atoms with Crippen molar-refractivity contribution in [2.75, 3.05) is 13.7 Å². The standard InChI is InChI=1S/C16H22N2O3/c1-4-13-15(19)17-14(12-8-6-5-7-9-12)16(20)18(13)11(2)10-21-3/h5-9,11,13-14H,4,10H2,1-3H3,(H,17,19). The predicted molar refractivity (Wildman–Crippen MR) is 79.6 cm³/mol. The highest BCUT2D eigenvalue weighted by molar-refractivity contribution is 5.97. The summed E-state index contributed by atoms with van der Waals surface area (Å²) in [5.41, 5.74) is 0.806. The van der Waals surface area contributed by atoms with E-state index in [4.69, 9.17) is 4.74 Å². The van der Waals surface area contributed by atoms with Gasteiger partial charge in [0.1, 0.15) is 12.1 Å². The van der Waals surface area contributed by atoms with Gasteiger partial charge in [-0.15, -0.1) is 0 Å². The zero-order valence-electron chi connectivity index (χ0n) is 12.7. The van der Waals surface area contributed by atoms with E-state index in [0.717, 1.165) is 5.56 Å². The van der Waals surface area contributed by atoms with E-state index in [2.05, 4.69) is 5.32 Å². The lowest BCUT2D eigenvalue weighted by Gasteiger charge is -2.42. The molecule has 21 heavy (non-hydrogen) atoms. The number of amides is 2. The van der Waals surface area contributed by atoms with E-state index >= 15 is 0 Å². The molecule has 0 radical (unpaired) electrons. The number of nitrogens with zero attached hydrogens (tertiary/aromatic N) is 1. The fourth-order valence-corrected chi connectivity index (χ4v) is 2.83. The van der Waals surface area contributed by atoms with Gasteiger partial charge in [-0.2, -0.15) is 0 Å². The lowest BCUT2D eigenvalue weighted by atomic mass is 9.97. The minimum atomic E-state index is -0.610. The number of benzene rings is 1. The van der Waals surface area contributed by atoms with Gasteiger partial charge in [0, 0.05) is 7.11 Å². The van der Waals surface area contributed by atoms with Crippen LogP contribution in [0.25, 0.3) is 0 Å². The monoisotopic (exact) mass is 290 g/mol. The lowest BCUT2D eigenvalue weighted by molar-refractivity contribution is -0.153. The molecule has 0 saturated carbocycles. The fourth-order valence-electron chi connectivity index (χ4n) is 2.83. The largest absolute Gasteiger partial charge is 0.383 e. The zero-order chi connectivity index (χ0) is 15.4. The Balaban J connectivity index is 2.31. The molecule has 2 rings (SSSR count). The summed E-state index contributed by atoms with van der Waals surface area (Å²) in [7, 11) is 1.60. The van der Waals surface area contributed by atoms with Crippen LogP contribution in [0, 0.1) is 0 Å². The fraction of sp³-hybridized carbons (Fsp3) is 0.500. The van der Waals surface area contributed by atoms with E-state index in [1.54, 1.807) is 12.0 Å². The van der Waals surface area contributed by atoms with Crippen LogP contribution in [0.2, 0.25) is 0 Å². The molecular weight excluding hydrogens is 268 g/mol. The molecule has 0 aromatic heterocycles. The molecule has 1 heterocycles. The molecule has 2 amide bonds. The third kappa shape index (κ3) is 3.08. The maximum Gasteiger partial charge on any atom is 0.250 e. The first kappa shape index (κ1) is 15.5. The van der Waals surface area contributed by atoms with Crippen molar-refractivity contribution in [3.8, 4) is 0 Å². The molecule has 1 saturated heterocycles. The average molecular weight is 290 g/mol. The molecule has 1 aliphatic rings. The number of methoxy groups -OCH3 is 1. The second-order valence-corrected chi connectivity index (χ2v) is 5.33. The summed E-state index contributed by atoms with van der Waals surface area (Å²) in [4.78, 5) is 26.8. The van der Waals surface area contributed by atoms with Gasteiger partial charge in [0.15, 0.2) is 0 Å². The molecule has 1 aromatic rings. The molecule has 5 nitrogen and oxygen atoms in total. The lowest BCUT2D eigenvalue weighted by Crippen LogP contribution is -2.62. The quantitative estimate of drug-likeness (QED) is 0.894. The Kier molecular flexibility index (Phi) is 4.96. The first-order chi connectivity index (χ1) is 10.1. The Hall–Kier alpha value is -1.88. The molecule has 5 heteroatoms. The van der Waals surface area contributed by atoms with Crippen LogP contribution >= 0.6 is 0 Å². The summed E-state index contributed by atoms with van der Waals surface area (Å²) >= 11 is 0. The van der Waals surface area contributed by atoms with Gasteiger partial charge < -0.3 is 15.0 Å². The van der Waals surface area contributed by atoms with Gasteiger partial charge in [-0.1, -0.05) is 37.3 Å². The number of nitrogens with one attached hydrogen (secondary N) is 1. The molecule has 1 N–H and O–H groups in total. The number of ether oxygens (including phenoxy) is 1. The summed E-state index contributed by atoms with van der Waals surface area (Å²) in [6.45, 7) is 4.23. The third-order valence-corrected chi connectivity index (χ3v) is 3.83. The summed E-state index contributed by atoms with van der Waals surface area (Å²) in [5, 5.41) is 2.84. The van der Waals surface area contributed by atoms with Crippen LogP contribution in [-0.4, -0.2) is 42.5 Å². The molecule has 3 unspecified atom stereocenters. The van der Waals surface area contributed by atoms with Gasteiger partial charge in [-0.05, 0) is 18.9 Å². The molecule has 0 aliphatic carbocycles. The minimum absolute atomic E-state index is 0.0720. The number of carbonyl (C=O) groups excluding carboxylic acids is 2. The number of rotatable bonds is 5. The number of carbonyl (C=O) groups is 2. The molecular formula is C16H22N2O3. The third-order valence-electron chi connectivity index (χ3n) is 3.83.